The first kappa shape index (κ1) is 12.2. The molecule has 0 bridgehead atoms. The molecule has 0 amide bonds. The van der Waals surface area contributed by atoms with Gasteiger partial charge in [-0.3, -0.25) is 0 Å². The molecule has 1 unspecified atom stereocenters. The van der Waals surface area contributed by atoms with Gasteiger partial charge >= 0.3 is 0 Å². The molecule has 1 heterocycles. The van der Waals surface area contributed by atoms with Gasteiger partial charge in [-0.1, -0.05) is 18.6 Å². The molecule has 1 aliphatic heterocycles. The number of benzene rings is 1. The van der Waals surface area contributed by atoms with Crippen molar-refractivity contribution in [3.8, 4) is 11.5 Å². The highest BCUT2D eigenvalue weighted by atomic mass is 16.5. The molecular formula is C14H21NO2. The fourth-order valence-electron chi connectivity index (χ4n) is 2.53. The normalized spacial score (nSPS) is 20.1. The number of methoxy groups -OCH3 is 2. The minimum absolute atomic E-state index is 0.396. The number of hydrogen-bond acceptors (Lipinski definition) is 3. The van der Waals surface area contributed by atoms with E-state index in [1.807, 2.05) is 6.92 Å². The zero-order chi connectivity index (χ0) is 12.3. The van der Waals surface area contributed by atoms with Gasteiger partial charge in [-0.2, -0.15) is 0 Å². The Bertz CT molecular complexity index is 384. The quantitative estimate of drug-likeness (QED) is 0.874. The Morgan fingerprint density at radius 2 is 1.88 bits per heavy atom. The Kier molecular flexibility index (Phi) is 3.89. The molecule has 94 valence electrons. The van der Waals surface area contributed by atoms with Crippen LogP contribution < -0.4 is 14.8 Å². The lowest BCUT2D eigenvalue weighted by Crippen LogP contribution is -2.27. The summed E-state index contributed by atoms with van der Waals surface area (Å²) in [7, 11) is 3.41. The van der Waals surface area contributed by atoms with Crippen molar-refractivity contribution in [3.63, 3.8) is 0 Å². The van der Waals surface area contributed by atoms with Crippen LogP contribution in [0.25, 0.3) is 0 Å². The van der Waals surface area contributed by atoms with E-state index in [4.69, 9.17) is 9.47 Å². The Morgan fingerprint density at radius 3 is 2.47 bits per heavy atom. The van der Waals surface area contributed by atoms with Crippen LogP contribution in [0.15, 0.2) is 12.1 Å². The van der Waals surface area contributed by atoms with E-state index in [1.165, 1.54) is 24.8 Å². The van der Waals surface area contributed by atoms with Crippen molar-refractivity contribution in [1.82, 2.24) is 5.32 Å². The third kappa shape index (κ3) is 2.39. The monoisotopic (exact) mass is 235 g/mol. The second-order valence-corrected chi connectivity index (χ2v) is 4.54. The molecule has 1 aliphatic rings. The van der Waals surface area contributed by atoms with Crippen LogP contribution in [0, 0.1) is 6.92 Å². The fraction of sp³-hybridized carbons (Fsp3) is 0.571. The van der Waals surface area contributed by atoms with E-state index in [0.717, 1.165) is 23.6 Å². The summed E-state index contributed by atoms with van der Waals surface area (Å²) in [4.78, 5) is 0. The molecule has 17 heavy (non-hydrogen) atoms. The maximum atomic E-state index is 5.54. The van der Waals surface area contributed by atoms with E-state index < -0.39 is 0 Å². The minimum atomic E-state index is 0.396. The molecule has 3 heteroatoms. The maximum Gasteiger partial charge on any atom is 0.165 e. The lowest BCUT2D eigenvalue weighted by Gasteiger charge is -2.26. The van der Waals surface area contributed by atoms with E-state index >= 15 is 0 Å². The molecule has 3 nitrogen and oxygen atoms in total. The van der Waals surface area contributed by atoms with Gasteiger partial charge in [0.1, 0.15) is 0 Å². The molecule has 0 aliphatic carbocycles. The number of hydrogen-bond donors (Lipinski definition) is 1. The molecule has 1 saturated heterocycles. The van der Waals surface area contributed by atoms with Crippen molar-refractivity contribution >= 4 is 0 Å². The van der Waals surface area contributed by atoms with E-state index in [9.17, 15) is 0 Å². The van der Waals surface area contributed by atoms with Crippen LogP contribution in [0.3, 0.4) is 0 Å². The molecule has 1 aromatic rings. The van der Waals surface area contributed by atoms with Crippen LogP contribution in [0.2, 0.25) is 0 Å². The van der Waals surface area contributed by atoms with Crippen molar-refractivity contribution in [2.24, 2.45) is 0 Å². The second-order valence-electron chi connectivity index (χ2n) is 4.54. The molecule has 1 atom stereocenters. The number of aryl methyl sites for hydroxylation is 1. The highest BCUT2D eigenvalue weighted by Crippen LogP contribution is 2.39. The van der Waals surface area contributed by atoms with Crippen molar-refractivity contribution < 1.29 is 9.47 Å². The van der Waals surface area contributed by atoms with E-state index in [1.54, 1.807) is 14.2 Å². The third-order valence-corrected chi connectivity index (χ3v) is 3.43. The van der Waals surface area contributed by atoms with Crippen molar-refractivity contribution in [1.29, 1.82) is 0 Å². The van der Waals surface area contributed by atoms with Gasteiger partial charge in [-0.05, 0) is 31.9 Å². The zero-order valence-electron chi connectivity index (χ0n) is 10.9. The second kappa shape index (κ2) is 5.41. The lowest BCUT2D eigenvalue weighted by atomic mass is 9.95. The van der Waals surface area contributed by atoms with Crippen LogP contribution >= 0.6 is 0 Å². The van der Waals surface area contributed by atoms with Crippen molar-refractivity contribution in [2.45, 2.75) is 32.2 Å². The summed E-state index contributed by atoms with van der Waals surface area (Å²) >= 11 is 0. The summed E-state index contributed by atoms with van der Waals surface area (Å²) in [5, 5.41) is 3.55. The summed E-state index contributed by atoms with van der Waals surface area (Å²) in [6.45, 7) is 3.13. The van der Waals surface area contributed by atoms with Gasteiger partial charge in [-0.15, -0.1) is 0 Å². The predicted octanol–water partition coefficient (Wildman–Crippen LogP) is 2.83. The minimum Gasteiger partial charge on any atom is -0.493 e. The Labute approximate surface area is 103 Å². The number of ether oxygens (including phenoxy) is 2. The number of piperidine rings is 1. The van der Waals surface area contributed by atoms with Gasteiger partial charge in [0.05, 0.1) is 14.2 Å². The van der Waals surface area contributed by atoms with E-state index in [0.29, 0.717) is 6.04 Å². The average molecular weight is 235 g/mol. The van der Waals surface area contributed by atoms with Gasteiger partial charge in [-0.25, -0.2) is 0 Å². The molecular weight excluding hydrogens is 214 g/mol. The highest BCUT2D eigenvalue weighted by Gasteiger charge is 2.21. The standard InChI is InChI=1S/C14H21NO2/c1-10-7-8-11(12-6-4-5-9-15-12)14(17-3)13(10)16-2/h7-8,12,15H,4-6,9H2,1-3H3. The molecule has 0 saturated carbocycles. The lowest BCUT2D eigenvalue weighted by molar-refractivity contribution is 0.336. The average Bonchev–Trinajstić information content (AvgIpc) is 2.39. The first-order valence-electron chi connectivity index (χ1n) is 6.22. The van der Waals surface area contributed by atoms with Gasteiger partial charge in [0.25, 0.3) is 0 Å². The highest BCUT2D eigenvalue weighted by molar-refractivity contribution is 5.52. The summed E-state index contributed by atoms with van der Waals surface area (Å²) in [6, 6.07) is 4.65. The van der Waals surface area contributed by atoms with Crippen LogP contribution in [-0.4, -0.2) is 20.8 Å². The summed E-state index contributed by atoms with van der Waals surface area (Å²) in [6.07, 6.45) is 3.71. The van der Waals surface area contributed by atoms with E-state index in [2.05, 4.69) is 17.4 Å². The van der Waals surface area contributed by atoms with Gasteiger partial charge in [0.2, 0.25) is 0 Å². The largest absolute Gasteiger partial charge is 0.493 e. The van der Waals surface area contributed by atoms with Gasteiger partial charge in [0, 0.05) is 11.6 Å². The molecule has 2 rings (SSSR count). The van der Waals surface area contributed by atoms with Crippen LogP contribution in [0.5, 0.6) is 11.5 Å². The molecule has 1 fully saturated rings. The van der Waals surface area contributed by atoms with Crippen molar-refractivity contribution in [2.75, 3.05) is 20.8 Å². The molecule has 1 N–H and O–H groups in total. The topological polar surface area (TPSA) is 30.5 Å². The number of rotatable bonds is 3. The summed E-state index contributed by atoms with van der Waals surface area (Å²) in [5.41, 5.74) is 2.33. The predicted molar refractivity (Wildman–Crippen MR) is 68.9 cm³/mol. The smallest absolute Gasteiger partial charge is 0.165 e. The SMILES string of the molecule is COc1c(C)ccc(C2CCCCN2)c1OC. The Balaban J connectivity index is 2.38. The number of nitrogens with one attached hydrogen (secondary N) is 1. The first-order chi connectivity index (χ1) is 8.27. The van der Waals surface area contributed by atoms with Crippen LogP contribution in [0.4, 0.5) is 0 Å². The first-order valence-corrected chi connectivity index (χ1v) is 6.22. The zero-order valence-corrected chi connectivity index (χ0v) is 10.9. The molecule has 0 radical (unpaired) electrons. The Morgan fingerprint density at radius 1 is 1.12 bits per heavy atom. The van der Waals surface area contributed by atoms with Crippen molar-refractivity contribution in [3.05, 3.63) is 23.3 Å². The fourth-order valence-corrected chi connectivity index (χ4v) is 2.53. The van der Waals surface area contributed by atoms with Crippen LogP contribution in [-0.2, 0) is 0 Å². The summed E-state index contributed by atoms with van der Waals surface area (Å²) < 4.78 is 11.0. The van der Waals surface area contributed by atoms with Crippen LogP contribution in [0.1, 0.15) is 36.4 Å². The van der Waals surface area contributed by atoms with Gasteiger partial charge < -0.3 is 14.8 Å². The van der Waals surface area contributed by atoms with E-state index in [-0.39, 0.29) is 0 Å². The summed E-state index contributed by atoms with van der Waals surface area (Å²) in [5.74, 6) is 1.74. The maximum absolute atomic E-state index is 5.54. The molecule has 0 aromatic heterocycles. The Hall–Kier alpha value is -1.22. The molecule has 1 aromatic carbocycles. The van der Waals surface area contributed by atoms with Gasteiger partial charge in [0.15, 0.2) is 11.5 Å². The molecule has 0 spiro atoms. The third-order valence-electron chi connectivity index (χ3n) is 3.43.